The lowest BCUT2D eigenvalue weighted by Gasteiger charge is -2.13. The zero-order chi connectivity index (χ0) is 19.1. The summed E-state index contributed by atoms with van der Waals surface area (Å²) in [5, 5.41) is 3.08. The minimum absolute atomic E-state index is 0.0671. The second kappa shape index (κ2) is 9.25. The SMILES string of the molecule is CCc1ccc(C(=O)CCC(=O)Nc2cc(Cl)c(OC)cc2OC)cc1. The van der Waals surface area contributed by atoms with Gasteiger partial charge >= 0.3 is 0 Å². The van der Waals surface area contributed by atoms with E-state index in [0.717, 1.165) is 6.42 Å². The summed E-state index contributed by atoms with van der Waals surface area (Å²) in [4.78, 5) is 24.4. The number of ketones is 1. The molecular weight excluding hydrogens is 354 g/mol. The van der Waals surface area contributed by atoms with Crippen LogP contribution in [0.4, 0.5) is 5.69 Å². The standard InChI is InChI=1S/C20H22ClNO4/c1-4-13-5-7-14(8-6-13)17(23)9-10-20(24)22-16-11-15(21)18(25-2)12-19(16)26-3/h5-8,11-12H,4,9-10H2,1-3H3,(H,22,24). The molecule has 0 aromatic heterocycles. The summed E-state index contributed by atoms with van der Waals surface area (Å²) < 4.78 is 10.4. The van der Waals surface area contributed by atoms with Crippen LogP contribution in [0.3, 0.4) is 0 Å². The number of aryl methyl sites for hydroxylation is 1. The molecule has 6 heteroatoms. The summed E-state index contributed by atoms with van der Waals surface area (Å²) in [5.74, 6) is 0.527. The Bertz CT molecular complexity index is 787. The Labute approximate surface area is 158 Å². The van der Waals surface area contributed by atoms with Gasteiger partial charge in [-0.2, -0.15) is 0 Å². The first-order chi connectivity index (χ1) is 12.5. The average Bonchev–Trinajstić information content (AvgIpc) is 2.66. The van der Waals surface area contributed by atoms with Crippen LogP contribution in [-0.4, -0.2) is 25.9 Å². The van der Waals surface area contributed by atoms with Gasteiger partial charge in [-0.1, -0.05) is 42.8 Å². The summed E-state index contributed by atoms with van der Waals surface area (Å²) in [6, 6.07) is 10.6. The van der Waals surface area contributed by atoms with Crippen LogP contribution in [0.25, 0.3) is 0 Å². The molecule has 0 unspecified atom stereocenters. The van der Waals surface area contributed by atoms with E-state index in [1.54, 1.807) is 24.3 Å². The van der Waals surface area contributed by atoms with E-state index in [9.17, 15) is 9.59 Å². The van der Waals surface area contributed by atoms with Crippen molar-refractivity contribution in [2.75, 3.05) is 19.5 Å². The van der Waals surface area contributed by atoms with Crippen molar-refractivity contribution in [1.82, 2.24) is 0 Å². The lowest BCUT2D eigenvalue weighted by Crippen LogP contribution is -2.14. The van der Waals surface area contributed by atoms with Gasteiger partial charge in [0.15, 0.2) is 5.78 Å². The van der Waals surface area contributed by atoms with Crippen molar-refractivity contribution in [1.29, 1.82) is 0 Å². The number of halogens is 1. The minimum atomic E-state index is -0.289. The third-order valence-corrected chi connectivity index (χ3v) is 4.31. The second-order valence-corrected chi connectivity index (χ2v) is 6.12. The Morgan fingerprint density at radius 1 is 1.00 bits per heavy atom. The molecule has 0 spiro atoms. The quantitative estimate of drug-likeness (QED) is 0.689. The van der Waals surface area contributed by atoms with Crippen LogP contribution in [0.5, 0.6) is 11.5 Å². The third-order valence-electron chi connectivity index (χ3n) is 4.01. The van der Waals surface area contributed by atoms with Gasteiger partial charge in [-0.3, -0.25) is 9.59 Å². The molecule has 1 N–H and O–H groups in total. The average molecular weight is 376 g/mol. The van der Waals surface area contributed by atoms with Gasteiger partial charge in [0.1, 0.15) is 11.5 Å². The van der Waals surface area contributed by atoms with Crippen molar-refractivity contribution in [3.8, 4) is 11.5 Å². The van der Waals surface area contributed by atoms with Crippen molar-refractivity contribution in [2.45, 2.75) is 26.2 Å². The number of amides is 1. The molecule has 0 saturated carbocycles. The van der Waals surface area contributed by atoms with Gasteiger partial charge < -0.3 is 14.8 Å². The molecule has 2 aromatic rings. The van der Waals surface area contributed by atoms with E-state index in [1.165, 1.54) is 19.8 Å². The third kappa shape index (κ3) is 4.99. The number of carbonyl (C=O) groups is 2. The van der Waals surface area contributed by atoms with Crippen LogP contribution in [0.15, 0.2) is 36.4 Å². The van der Waals surface area contributed by atoms with Gasteiger partial charge in [-0.25, -0.2) is 0 Å². The van der Waals surface area contributed by atoms with Crippen LogP contribution in [0.2, 0.25) is 5.02 Å². The fourth-order valence-electron chi connectivity index (χ4n) is 2.47. The van der Waals surface area contributed by atoms with E-state index >= 15 is 0 Å². The highest BCUT2D eigenvalue weighted by atomic mass is 35.5. The van der Waals surface area contributed by atoms with Gasteiger partial charge in [0.25, 0.3) is 0 Å². The molecule has 0 fully saturated rings. The summed E-state index contributed by atoms with van der Waals surface area (Å²) in [6.07, 6.45) is 1.12. The fourth-order valence-corrected chi connectivity index (χ4v) is 2.71. The number of nitrogens with one attached hydrogen (secondary N) is 1. The van der Waals surface area contributed by atoms with Crippen molar-refractivity contribution in [3.63, 3.8) is 0 Å². The molecule has 0 radical (unpaired) electrons. The number of hydrogen-bond acceptors (Lipinski definition) is 4. The minimum Gasteiger partial charge on any atom is -0.495 e. The zero-order valence-electron chi connectivity index (χ0n) is 15.1. The topological polar surface area (TPSA) is 64.6 Å². The van der Waals surface area contributed by atoms with E-state index in [2.05, 4.69) is 12.2 Å². The highest BCUT2D eigenvalue weighted by Gasteiger charge is 2.14. The number of Topliss-reactive ketones (excluding diaryl/α,β-unsaturated/α-hetero) is 1. The van der Waals surface area contributed by atoms with E-state index in [1.807, 2.05) is 12.1 Å². The molecule has 26 heavy (non-hydrogen) atoms. The largest absolute Gasteiger partial charge is 0.495 e. The Hall–Kier alpha value is -2.53. The van der Waals surface area contributed by atoms with Gasteiger partial charge in [-0.05, 0) is 18.1 Å². The number of benzene rings is 2. The molecule has 0 aliphatic rings. The Balaban J connectivity index is 1.98. The molecule has 138 valence electrons. The number of hydrogen-bond donors (Lipinski definition) is 1. The lowest BCUT2D eigenvalue weighted by molar-refractivity contribution is -0.116. The molecule has 0 saturated heterocycles. The monoisotopic (exact) mass is 375 g/mol. The lowest BCUT2D eigenvalue weighted by atomic mass is 10.0. The normalized spacial score (nSPS) is 10.3. The van der Waals surface area contributed by atoms with Crippen LogP contribution in [0, 0.1) is 0 Å². The Morgan fingerprint density at radius 3 is 2.23 bits per heavy atom. The summed E-state index contributed by atoms with van der Waals surface area (Å²) in [6.45, 7) is 2.06. The van der Waals surface area contributed by atoms with Gasteiger partial charge in [0.05, 0.1) is 24.9 Å². The van der Waals surface area contributed by atoms with Crippen LogP contribution < -0.4 is 14.8 Å². The Morgan fingerprint density at radius 2 is 1.65 bits per heavy atom. The fraction of sp³-hybridized carbons (Fsp3) is 0.300. The van der Waals surface area contributed by atoms with Gasteiger partial charge in [0, 0.05) is 24.5 Å². The maximum Gasteiger partial charge on any atom is 0.224 e. The molecule has 5 nitrogen and oxygen atoms in total. The second-order valence-electron chi connectivity index (χ2n) is 5.71. The highest BCUT2D eigenvalue weighted by Crippen LogP contribution is 2.35. The molecule has 0 atom stereocenters. The smallest absolute Gasteiger partial charge is 0.224 e. The Kier molecular flexibility index (Phi) is 7.04. The predicted octanol–water partition coefficient (Wildman–Crippen LogP) is 4.52. The van der Waals surface area contributed by atoms with Gasteiger partial charge in [0.2, 0.25) is 5.91 Å². The maximum atomic E-state index is 12.2. The van der Waals surface area contributed by atoms with E-state index in [-0.39, 0.29) is 24.5 Å². The van der Waals surface area contributed by atoms with E-state index in [0.29, 0.717) is 27.8 Å². The molecule has 2 aromatic carbocycles. The zero-order valence-corrected chi connectivity index (χ0v) is 15.9. The number of ether oxygens (including phenoxy) is 2. The van der Waals surface area contributed by atoms with Crippen molar-refractivity contribution in [3.05, 3.63) is 52.5 Å². The maximum absolute atomic E-state index is 12.2. The first-order valence-electron chi connectivity index (χ1n) is 8.32. The molecule has 1 amide bonds. The highest BCUT2D eigenvalue weighted by molar-refractivity contribution is 6.32. The molecule has 0 aliphatic heterocycles. The van der Waals surface area contributed by atoms with Crippen LogP contribution in [-0.2, 0) is 11.2 Å². The molecule has 0 aliphatic carbocycles. The number of methoxy groups -OCH3 is 2. The molecule has 2 rings (SSSR count). The van der Waals surface area contributed by atoms with Crippen LogP contribution >= 0.6 is 11.6 Å². The summed E-state index contributed by atoms with van der Waals surface area (Å²) in [7, 11) is 2.99. The first-order valence-corrected chi connectivity index (χ1v) is 8.69. The number of rotatable bonds is 8. The van der Waals surface area contributed by atoms with Gasteiger partial charge in [-0.15, -0.1) is 0 Å². The van der Waals surface area contributed by atoms with Crippen molar-refractivity contribution in [2.24, 2.45) is 0 Å². The molecule has 0 bridgehead atoms. The van der Waals surface area contributed by atoms with Crippen molar-refractivity contribution >= 4 is 29.0 Å². The van der Waals surface area contributed by atoms with Crippen LogP contribution in [0.1, 0.15) is 35.7 Å². The number of carbonyl (C=O) groups excluding carboxylic acids is 2. The van der Waals surface area contributed by atoms with E-state index in [4.69, 9.17) is 21.1 Å². The first kappa shape index (κ1) is 19.8. The summed E-state index contributed by atoms with van der Waals surface area (Å²) >= 11 is 6.09. The predicted molar refractivity (Wildman–Crippen MR) is 103 cm³/mol. The molecule has 0 heterocycles. The van der Waals surface area contributed by atoms with E-state index < -0.39 is 0 Å². The van der Waals surface area contributed by atoms with Crippen molar-refractivity contribution < 1.29 is 19.1 Å². The molecular formula is C20H22ClNO4. The summed E-state index contributed by atoms with van der Waals surface area (Å²) in [5.41, 5.74) is 2.21. The number of anilines is 1.